The van der Waals surface area contributed by atoms with Gasteiger partial charge < -0.3 is 15.2 Å². The molecule has 1 heterocycles. The SMILES string of the molecule is CC(=O)N[C@@H]1CC[C@H](c2c(C(=O)O)cnn2-c2cccc(-c3cccc(OC(C)C)c3F)c2)C1. The molecule has 3 aromatic rings. The van der Waals surface area contributed by atoms with Crippen molar-refractivity contribution in [2.45, 2.75) is 58.1 Å². The minimum absolute atomic E-state index is 0.00313. The van der Waals surface area contributed by atoms with Gasteiger partial charge in [0.05, 0.1) is 23.7 Å². The molecule has 0 saturated heterocycles. The first-order chi connectivity index (χ1) is 16.2. The van der Waals surface area contributed by atoms with Crippen molar-refractivity contribution >= 4 is 11.9 Å². The number of carbonyl (C=O) groups excluding carboxylic acids is 1. The third-order valence-corrected chi connectivity index (χ3v) is 5.99. The fraction of sp³-hybridized carbons (Fsp3) is 0.346. The standard InChI is InChI=1S/C26H28FN3O4/c1-15(2)34-23-9-5-8-21(24(23)27)17-6-4-7-20(13-17)30-25(22(14-28-30)26(32)33)18-10-11-19(12-18)29-16(3)31/h4-9,13-15,18-19H,10-12H2,1-3H3,(H,29,31)(H,32,33)/t18-,19+/m0/s1. The molecule has 0 bridgehead atoms. The fourth-order valence-electron chi connectivity index (χ4n) is 4.65. The van der Waals surface area contributed by atoms with Gasteiger partial charge in [-0.3, -0.25) is 4.79 Å². The number of amides is 1. The Kier molecular flexibility index (Phi) is 6.68. The molecule has 0 radical (unpaired) electrons. The van der Waals surface area contributed by atoms with Crippen LogP contribution in [-0.2, 0) is 4.79 Å². The Bertz CT molecular complexity index is 1220. The average Bonchev–Trinajstić information content (AvgIpc) is 3.41. The predicted octanol–water partition coefficient (Wildman–Crippen LogP) is 4.94. The Labute approximate surface area is 197 Å². The molecule has 7 nitrogen and oxygen atoms in total. The predicted molar refractivity (Wildman–Crippen MR) is 126 cm³/mol. The number of aromatic carboxylic acids is 1. The lowest BCUT2D eigenvalue weighted by atomic mass is 9.99. The third kappa shape index (κ3) is 4.81. The van der Waals surface area contributed by atoms with E-state index in [1.807, 2.05) is 19.9 Å². The summed E-state index contributed by atoms with van der Waals surface area (Å²) < 4.78 is 22.4. The average molecular weight is 466 g/mol. The lowest BCUT2D eigenvalue weighted by Crippen LogP contribution is -2.30. The summed E-state index contributed by atoms with van der Waals surface area (Å²) in [6.45, 7) is 5.16. The van der Waals surface area contributed by atoms with Gasteiger partial charge >= 0.3 is 5.97 Å². The van der Waals surface area contributed by atoms with Crippen LogP contribution in [0.3, 0.4) is 0 Å². The molecule has 0 aliphatic heterocycles. The van der Waals surface area contributed by atoms with Crippen molar-refractivity contribution in [2.24, 2.45) is 0 Å². The highest BCUT2D eigenvalue weighted by molar-refractivity contribution is 5.89. The van der Waals surface area contributed by atoms with Gasteiger partial charge in [-0.2, -0.15) is 5.10 Å². The number of hydrogen-bond donors (Lipinski definition) is 2. The van der Waals surface area contributed by atoms with Gasteiger partial charge in [0.15, 0.2) is 11.6 Å². The van der Waals surface area contributed by atoms with Crippen LogP contribution in [0.4, 0.5) is 4.39 Å². The number of carboxylic acids is 1. The highest BCUT2D eigenvalue weighted by Crippen LogP contribution is 2.38. The van der Waals surface area contributed by atoms with Crippen LogP contribution in [0.15, 0.2) is 48.7 Å². The number of nitrogens with one attached hydrogen (secondary N) is 1. The van der Waals surface area contributed by atoms with E-state index in [2.05, 4.69) is 10.4 Å². The molecule has 1 amide bonds. The van der Waals surface area contributed by atoms with Gasteiger partial charge in [0.25, 0.3) is 0 Å². The van der Waals surface area contributed by atoms with Crippen molar-refractivity contribution < 1.29 is 23.8 Å². The van der Waals surface area contributed by atoms with Gasteiger partial charge in [-0.15, -0.1) is 0 Å². The summed E-state index contributed by atoms with van der Waals surface area (Å²) in [4.78, 5) is 23.4. The summed E-state index contributed by atoms with van der Waals surface area (Å²) in [5.74, 6) is -1.50. The molecule has 0 unspecified atom stereocenters. The second-order valence-electron chi connectivity index (χ2n) is 8.90. The number of nitrogens with zero attached hydrogens (tertiary/aromatic N) is 2. The fourth-order valence-corrected chi connectivity index (χ4v) is 4.65. The quantitative estimate of drug-likeness (QED) is 0.516. The molecular weight excluding hydrogens is 437 g/mol. The zero-order valence-electron chi connectivity index (χ0n) is 19.4. The second-order valence-corrected chi connectivity index (χ2v) is 8.90. The van der Waals surface area contributed by atoms with Crippen LogP contribution in [0.1, 0.15) is 62.0 Å². The summed E-state index contributed by atoms with van der Waals surface area (Å²) >= 11 is 0. The number of carboxylic acid groups (broad SMARTS) is 1. The largest absolute Gasteiger partial charge is 0.488 e. The number of rotatable bonds is 7. The first-order valence-corrected chi connectivity index (χ1v) is 11.4. The highest BCUT2D eigenvalue weighted by atomic mass is 19.1. The molecule has 178 valence electrons. The van der Waals surface area contributed by atoms with Crippen molar-refractivity contribution in [3.8, 4) is 22.6 Å². The maximum absolute atomic E-state index is 15.2. The molecule has 0 spiro atoms. The van der Waals surface area contributed by atoms with E-state index < -0.39 is 11.8 Å². The molecular formula is C26H28FN3O4. The van der Waals surface area contributed by atoms with Gasteiger partial charge in [-0.05, 0) is 56.9 Å². The van der Waals surface area contributed by atoms with E-state index in [4.69, 9.17) is 4.74 Å². The van der Waals surface area contributed by atoms with Gasteiger partial charge in [-0.1, -0.05) is 24.3 Å². The summed E-state index contributed by atoms with van der Waals surface area (Å²) in [5.41, 5.74) is 2.38. The van der Waals surface area contributed by atoms with E-state index in [0.717, 1.165) is 12.8 Å². The number of halogens is 1. The van der Waals surface area contributed by atoms with Gasteiger partial charge in [0.2, 0.25) is 5.91 Å². The van der Waals surface area contributed by atoms with Crippen LogP contribution >= 0.6 is 0 Å². The highest BCUT2D eigenvalue weighted by Gasteiger charge is 2.33. The van der Waals surface area contributed by atoms with E-state index in [0.29, 0.717) is 28.9 Å². The van der Waals surface area contributed by atoms with E-state index in [9.17, 15) is 14.7 Å². The molecule has 8 heteroatoms. The van der Waals surface area contributed by atoms with Crippen molar-refractivity contribution in [3.05, 3.63) is 65.7 Å². The molecule has 1 fully saturated rings. The van der Waals surface area contributed by atoms with Crippen molar-refractivity contribution in [1.29, 1.82) is 0 Å². The van der Waals surface area contributed by atoms with E-state index >= 15 is 4.39 Å². The van der Waals surface area contributed by atoms with Crippen LogP contribution < -0.4 is 10.1 Å². The lowest BCUT2D eigenvalue weighted by Gasteiger charge is -2.17. The Morgan fingerprint density at radius 3 is 2.68 bits per heavy atom. The van der Waals surface area contributed by atoms with E-state index in [1.165, 1.54) is 13.1 Å². The van der Waals surface area contributed by atoms with Gasteiger partial charge in [0.1, 0.15) is 5.56 Å². The lowest BCUT2D eigenvalue weighted by molar-refractivity contribution is -0.119. The Morgan fingerprint density at radius 2 is 1.97 bits per heavy atom. The number of benzene rings is 2. The second kappa shape index (κ2) is 9.67. The Balaban J connectivity index is 1.73. The summed E-state index contributed by atoms with van der Waals surface area (Å²) in [6.07, 6.45) is 3.33. The van der Waals surface area contributed by atoms with Crippen molar-refractivity contribution in [3.63, 3.8) is 0 Å². The third-order valence-electron chi connectivity index (χ3n) is 5.99. The molecule has 34 heavy (non-hydrogen) atoms. The topological polar surface area (TPSA) is 93.5 Å². The smallest absolute Gasteiger partial charge is 0.339 e. The number of aromatic nitrogens is 2. The van der Waals surface area contributed by atoms with Gasteiger partial charge in [0, 0.05) is 24.4 Å². The maximum Gasteiger partial charge on any atom is 0.339 e. The zero-order chi connectivity index (χ0) is 24.4. The van der Waals surface area contributed by atoms with Crippen LogP contribution in [0.5, 0.6) is 5.75 Å². The molecule has 1 aliphatic rings. The number of ether oxygens (including phenoxy) is 1. The minimum atomic E-state index is -1.05. The Morgan fingerprint density at radius 1 is 1.21 bits per heavy atom. The van der Waals surface area contributed by atoms with Crippen LogP contribution in [-0.4, -0.2) is 38.9 Å². The molecule has 1 saturated carbocycles. The summed E-state index contributed by atoms with van der Waals surface area (Å²) in [7, 11) is 0. The minimum Gasteiger partial charge on any atom is -0.488 e. The van der Waals surface area contributed by atoms with Crippen LogP contribution in [0.2, 0.25) is 0 Å². The summed E-state index contributed by atoms with van der Waals surface area (Å²) in [5, 5.41) is 17.1. The molecule has 2 aromatic carbocycles. The first-order valence-electron chi connectivity index (χ1n) is 11.4. The number of carbonyl (C=O) groups is 2. The van der Waals surface area contributed by atoms with E-state index in [-0.39, 0.29) is 35.3 Å². The first kappa shape index (κ1) is 23.5. The van der Waals surface area contributed by atoms with Crippen LogP contribution in [0.25, 0.3) is 16.8 Å². The maximum atomic E-state index is 15.2. The Hall–Kier alpha value is -3.68. The van der Waals surface area contributed by atoms with Crippen molar-refractivity contribution in [1.82, 2.24) is 15.1 Å². The number of hydrogen-bond acceptors (Lipinski definition) is 4. The molecule has 2 N–H and O–H groups in total. The molecule has 4 rings (SSSR count). The molecule has 1 aromatic heterocycles. The van der Waals surface area contributed by atoms with Gasteiger partial charge in [-0.25, -0.2) is 13.9 Å². The van der Waals surface area contributed by atoms with Crippen molar-refractivity contribution in [2.75, 3.05) is 0 Å². The monoisotopic (exact) mass is 465 g/mol. The summed E-state index contributed by atoms with van der Waals surface area (Å²) in [6, 6.07) is 12.2. The zero-order valence-corrected chi connectivity index (χ0v) is 19.4. The molecule has 2 atom stereocenters. The van der Waals surface area contributed by atoms with E-state index in [1.54, 1.807) is 41.1 Å². The van der Waals surface area contributed by atoms with Crippen LogP contribution in [0, 0.1) is 5.82 Å². The normalized spacial score (nSPS) is 17.7. The molecule has 1 aliphatic carbocycles.